The molecule has 0 bridgehead atoms. The Morgan fingerprint density at radius 1 is 1.50 bits per heavy atom. The van der Waals surface area contributed by atoms with Crippen molar-refractivity contribution in [3.8, 4) is 5.75 Å². The maximum atomic E-state index is 12.3. The lowest BCUT2D eigenvalue weighted by Crippen LogP contribution is -2.23. The fourth-order valence-electron chi connectivity index (χ4n) is 1.88. The zero-order valence-electron chi connectivity index (χ0n) is 12.0. The fourth-order valence-corrected chi connectivity index (χ4v) is 3.10. The van der Waals surface area contributed by atoms with Gasteiger partial charge in [-0.3, -0.25) is 14.9 Å². The molecule has 0 spiro atoms. The van der Waals surface area contributed by atoms with E-state index in [0.29, 0.717) is 17.2 Å². The van der Waals surface area contributed by atoms with Gasteiger partial charge in [0.05, 0.1) is 29.5 Å². The summed E-state index contributed by atoms with van der Waals surface area (Å²) in [6, 6.07) is 6.55. The van der Waals surface area contributed by atoms with Gasteiger partial charge in [-0.25, -0.2) is 0 Å². The van der Waals surface area contributed by atoms with Gasteiger partial charge in [0.2, 0.25) is 0 Å². The van der Waals surface area contributed by atoms with E-state index in [4.69, 9.17) is 4.74 Å². The third-order valence-electron chi connectivity index (χ3n) is 2.95. The standard InChI is InChI=1S/C14H14N2O4S2/c1-20-12-7-11(16(18)19)10(6-13(12)21-2)14(17)15-8-9-4-3-5-22-9/h3-7H,8H2,1-2H3,(H,15,17). The first-order valence-corrected chi connectivity index (χ1v) is 8.38. The van der Waals surface area contributed by atoms with Crippen LogP contribution in [0.4, 0.5) is 5.69 Å². The van der Waals surface area contributed by atoms with Gasteiger partial charge in [-0.2, -0.15) is 0 Å². The van der Waals surface area contributed by atoms with Crippen LogP contribution < -0.4 is 10.1 Å². The highest BCUT2D eigenvalue weighted by atomic mass is 32.2. The molecule has 2 aromatic rings. The monoisotopic (exact) mass is 338 g/mol. The van der Waals surface area contributed by atoms with Crippen molar-refractivity contribution in [1.82, 2.24) is 5.32 Å². The molecule has 0 aliphatic heterocycles. The molecule has 0 aliphatic carbocycles. The second-order valence-electron chi connectivity index (χ2n) is 4.24. The van der Waals surface area contributed by atoms with Crippen molar-refractivity contribution in [3.63, 3.8) is 0 Å². The number of nitrogens with zero attached hydrogens (tertiary/aromatic N) is 1. The Morgan fingerprint density at radius 3 is 2.82 bits per heavy atom. The number of nitrogens with one attached hydrogen (secondary N) is 1. The number of thiophene rings is 1. The molecule has 6 nitrogen and oxygen atoms in total. The van der Waals surface area contributed by atoms with Crippen LogP contribution in [0, 0.1) is 10.1 Å². The second kappa shape index (κ2) is 7.28. The van der Waals surface area contributed by atoms with E-state index in [1.165, 1.54) is 42.3 Å². The highest BCUT2D eigenvalue weighted by molar-refractivity contribution is 7.98. The van der Waals surface area contributed by atoms with Crippen molar-refractivity contribution in [1.29, 1.82) is 0 Å². The number of carbonyl (C=O) groups excluding carboxylic acids is 1. The van der Waals surface area contributed by atoms with Gasteiger partial charge in [0, 0.05) is 4.88 Å². The Balaban J connectivity index is 2.30. The summed E-state index contributed by atoms with van der Waals surface area (Å²) in [6.07, 6.45) is 1.82. The van der Waals surface area contributed by atoms with Crippen molar-refractivity contribution >= 4 is 34.7 Å². The molecule has 0 saturated heterocycles. The number of methoxy groups -OCH3 is 1. The predicted octanol–water partition coefficient (Wildman–Crippen LogP) is 3.32. The van der Waals surface area contributed by atoms with Crippen molar-refractivity contribution in [2.45, 2.75) is 11.4 Å². The molecule has 1 N–H and O–H groups in total. The number of carbonyl (C=O) groups is 1. The first-order chi connectivity index (χ1) is 10.6. The molecule has 0 atom stereocenters. The van der Waals surface area contributed by atoms with E-state index in [0.717, 1.165) is 4.88 Å². The minimum Gasteiger partial charge on any atom is -0.495 e. The minimum atomic E-state index is -0.577. The quantitative estimate of drug-likeness (QED) is 0.496. The maximum absolute atomic E-state index is 12.3. The SMILES string of the molecule is COc1cc([N+](=O)[O-])c(C(=O)NCc2cccs2)cc1SC. The maximum Gasteiger partial charge on any atom is 0.285 e. The van der Waals surface area contributed by atoms with E-state index in [1.54, 1.807) is 0 Å². The molecule has 22 heavy (non-hydrogen) atoms. The normalized spacial score (nSPS) is 10.3. The van der Waals surface area contributed by atoms with E-state index in [9.17, 15) is 14.9 Å². The Morgan fingerprint density at radius 2 is 2.27 bits per heavy atom. The Bertz CT molecular complexity index is 686. The number of benzene rings is 1. The molecule has 1 heterocycles. The fraction of sp³-hybridized carbons (Fsp3) is 0.214. The Kier molecular flexibility index (Phi) is 5.40. The van der Waals surface area contributed by atoms with E-state index >= 15 is 0 Å². The number of amides is 1. The van der Waals surface area contributed by atoms with Gasteiger partial charge in [0.25, 0.3) is 11.6 Å². The Labute approximate surface area is 135 Å². The van der Waals surface area contributed by atoms with E-state index in [2.05, 4.69) is 5.32 Å². The number of hydrogen-bond acceptors (Lipinski definition) is 6. The third-order valence-corrected chi connectivity index (χ3v) is 4.58. The first kappa shape index (κ1) is 16.3. The summed E-state index contributed by atoms with van der Waals surface area (Å²) in [6.45, 7) is 0.342. The van der Waals surface area contributed by atoms with Crippen LogP contribution in [0.5, 0.6) is 5.75 Å². The topological polar surface area (TPSA) is 81.5 Å². The summed E-state index contributed by atoms with van der Waals surface area (Å²) in [7, 11) is 1.44. The molecule has 1 aromatic heterocycles. The van der Waals surface area contributed by atoms with Gasteiger partial charge in [0.1, 0.15) is 11.3 Å². The molecule has 0 saturated carbocycles. The van der Waals surface area contributed by atoms with Crippen molar-refractivity contribution in [2.75, 3.05) is 13.4 Å². The van der Waals surface area contributed by atoms with Crippen LogP contribution in [0.15, 0.2) is 34.5 Å². The molecule has 0 unspecified atom stereocenters. The molecule has 0 fully saturated rings. The number of hydrogen-bond donors (Lipinski definition) is 1. The van der Waals surface area contributed by atoms with Gasteiger partial charge in [-0.15, -0.1) is 23.1 Å². The molecule has 2 rings (SSSR count). The summed E-state index contributed by atoms with van der Waals surface area (Å²) in [5.41, 5.74) is -0.231. The zero-order chi connectivity index (χ0) is 16.1. The molecule has 1 amide bonds. The molecule has 8 heteroatoms. The van der Waals surface area contributed by atoms with E-state index < -0.39 is 10.8 Å². The van der Waals surface area contributed by atoms with Gasteiger partial charge >= 0.3 is 0 Å². The van der Waals surface area contributed by atoms with Crippen LogP contribution >= 0.6 is 23.1 Å². The molecular formula is C14H14N2O4S2. The predicted molar refractivity (Wildman–Crippen MR) is 86.9 cm³/mol. The van der Waals surface area contributed by atoms with Crippen molar-refractivity contribution in [3.05, 3.63) is 50.2 Å². The number of rotatable bonds is 6. The lowest BCUT2D eigenvalue weighted by molar-refractivity contribution is -0.385. The van der Waals surface area contributed by atoms with Gasteiger partial charge in [-0.1, -0.05) is 6.07 Å². The molecule has 0 aliphatic rings. The smallest absolute Gasteiger partial charge is 0.285 e. The van der Waals surface area contributed by atoms with Crippen LogP contribution in [0.1, 0.15) is 15.2 Å². The van der Waals surface area contributed by atoms with Crippen LogP contribution in [-0.4, -0.2) is 24.2 Å². The second-order valence-corrected chi connectivity index (χ2v) is 6.12. The third kappa shape index (κ3) is 3.58. The van der Waals surface area contributed by atoms with Crippen LogP contribution in [0.25, 0.3) is 0 Å². The molecular weight excluding hydrogens is 324 g/mol. The molecule has 0 radical (unpaired) electrons. The summed E-state index contributed by atoms with van der Waals surface area (Å²) >= 11 is 2.87. The average Bonchev–Trinajstić information content (AvgIpc) is 3.04. The van der Waals surface area contributed by atoms with Crippen LogP contribution in [0.2, 0.25) is 0 Å². The number of nitro benzene ring substituents is 1. The zero-order valence-corrected chi connectivity index (χ0v) is 13.6. The average molecular weight is 338 g/mol. The first-order valence-electron chi connectivity index (χ1n) is 6.27. The lowest BCUT2D eigenvalue weighted by Gasteiger charge is -2.10. The number of nitro groups is 1. The van der Waals surface area contributed by atoms with Crippen LogP contribution in [0.3, 0.4) is 0 Å². The van der Waals surface area contributed by atoms with E-state index in [1.807, 2.05) is 23.8 Å². The van der Waals surface area contributed by atoms with Gasteiger partial charge in [0.15, 0.2) is 0 Å². The van der Waals surface area contributed by atoms with Gasteiger partial charge < -0.3 is 10.1 Å². The lowest BCUT2D eigenvalue weighted by atomic mass is 10.1. The van der Waals surface area contributed by atoms with Gasteiger partial charge in [-0.05, 0) is 23.8 Å². The number of ether oxygens (including phenoxy) is 1. The largest absolute Gasteiger partial charge is 0.495 e. The highest BCUT2D eigenvalue weighted by Crippen LogP contribution is 2.34. The number of thioether (sulfide) groups is 1. The van der Waals surface area contributed by atoms with Crippen molar-refractivity contribution in [2.24, 2.45) is 0 Å². The highest BCUT2D eigenvalue weighted by Gasteiger charge is 2.23. The minimum absolute atomic E-state index is 0.0340. The molecule has 116 valence electrons. The van der Waals surface area contributed by atoms with Crippen LogP contribution in [-0.2, 0) is 6.54 Å². The summed E-state index contributed by atoms with van der Waals surface area (Å²) in [5, 5.41) is 15.8. The summed E-state index contributed by atoms with van der Waals surface area (Å²) < 4.78 is 5.13. The summed E-state index contributed by atoms with van der Waals surface area (Å²) in [4.78, 5) is 24.5. The van der Waals surface area contributed by atoms with Crippen molar-refractivity contribution < 1.29 is 14.5 Å². The molecule has 1 aromatic carbocycles. The van der Waals surface area contributed by atoms with E-state index in [-0.39, 0.29) is 11.3 Å². The summed E-state index contributed by atoms with van der Waals surface area (Å²) in [5.74, 6) is -0.0907. The Hall–Kier alpha value is -2.06.